The van der Waals surface area contributed by atoms with E-state index in [1.54, 1.807) is 6.92 Å². The summed E-state index contributed by atoms with van der Waals surface area (Å²) in [6.45, 7) is 12.1. The molecule has 2 N–H and O–H groups in total. The van der Waals surface area contributed by atoms with Crippen molar-refractivity contribution in [3.8, 4) is 0 Å². The monoisotopic (exact) mass is 740 g/mol. The highest BCUT2D eigenvalue weighted by Gasteiger charge is 2.36. The number of rotatable bonds is 22. The molecule has 0 fully saturated rings. The number of benzene rings is 4. The second kappa shape index (κ2) is 24.4. The van der Waals surface area contributed by atoms with E-state index in [9.17, 15) is 19.8 Å². The Bertz CT molecular complexity index is 1580. The molecule has 0 aliphatic rings. The maximum Gasteiger partial charge on any atom is 0.161 e. The Hall–Kier alpha value is -4.02. The zero-order chi connectivity index (χ0) is 39.3. The molecule has 292 valence electrons. The van der Waals surface area contributed by atoms with Gasteiger partial charge in [0.25, 0.3) is 0 Å². The van der Waals surface area contributed by atoms with Crippen LogP contribution >= 0.6 is 0 Å². The first-order valence-corrected chi connectivity index (χ1v) is 19.1. The van der Waals surface area contributed by atoms with Crippen molar-refractivity contribution in [3.63, 3.8) is 0 Å². The van der Waals surface area contributed by atoms with Crippen LogP contribution in [0, 0.1) is 11.8 Å². The van der Waals surface area contributed by atoms with Crippen LogP contribution in [0.5, 0.6) is 0 Å². The van der Waals surface area contributed by atoms with Crippen molar-refractivity contribution in [1.82, 2.24) is 0 Å². The minimum atomic E-state index is -0.792. The van der Waals surface area contributed by atoms with Crippen LogP contribution in [0.3, 0.4) is 0 Å². The number of carbonyl (C=O) groups is 2. The SMILES string of the molecule is CCC(=O)[C@@H](C)[C@H](OCc1ccccc1)[C@@H](OCc1ccccc1)C(C)=O.CC[C@@H](O)[C@@H](C)[C@H](OCc1ccccc1)[C@@H](OCc1ccccc1)C(C)O. The maximum atomic E-state index is 12.3. The highest BCUT2D eigenvalue weighted by Crippen LogP contribution is 2.25. The van der Waals surface area contributed by atoms with Gasteiger partial charge >= 0.3 is 0 Å². The summed E-state index contributed by atoms with van der Waals surface area (Å²) in [6, 6.07) is 39.1. The average Bonchev–Trinajstić information content (AvgIpc) is 3.20. The van der Waals surface area contributed by atoms with Crippen LogP contribution in [0.25, 0.3) is 0 Å². The lowest BCUT2D eigenvalue weighted by atomic mass is 9.90. The minimum Gasteiger partial charge on any atom is -0.393 e. The van der Waals surface area contributed by atoms with Crippen molar-refractivity contribution < 1.29 is 38.7 Å². The lowest BCUT2D eigenvalue weighted by Gasteiger charge is -2.35. The number of ketones is 2. The van der Waals surface area contributed by atoms with Crippen LogP contribution in [0.15, 0.2) is 121 Å². The zero-order valence-corrected chi connectivity index (χ0v) is 32.8. The molecule has 4 aromatic rings. The summed E-state index contributed by atoms with van der Waals surface area (Å²) in [5.74, 6) is -0.681. The van der Waals surface area contributed by atoms with Gasteiger partial charge in [-0.1, -0.05) is 149 Å². The molecule has 0 saturated carbocycles. The van der Waals surface area contributed by atoms with Crippen LogP contribution in [0.1, 0.15) is 76.6 Å². The average molecular weight is 741 g/mol. The molecule has 8 nitrogen and oxygen atoms in total. The fourth-order valence-electron chi connectivity index (χ4n) is 6.15. The topological polar surface area (TPSA) is 112 Å². The van der Waals surface area contributed by atoms with Gasteiger partial charge in [-0.05, 0) is 42.5 Å². The fourth-order valence-corrected chi connectivity index (χ4v) is 6.15. The van der Waals surface area contributed by atoms with Crippen molar-refractivity contribution in [1.29, 1.82) is 0 Å². The predicted octanol–water partition coefficient (Wildman–Crippen LogP) is 8.31. The molecular weight excluding hydrogens is 680 g/mol. The van der Waals surface area contributed by atoms with Crippen molar-refractivity contribution in [3.05, 3.63) is 144 Å². The van der Waals surface area contributed by atoms with E-state index < -0.39 is 42.5 Å². The van der Waals surface area contributed by atoms with Gasteiger partial charge in [0.05, 0.1) is 44.7 Å². The number of hydrogen-bond donors (Lipinski definition) is 2. The molecular formula is C46H60O8. The lowest BCUT2D eigenvalue weighted by Crippen LogP contribution is -2.46. The molecule has 0 aliphatic carbocycles. The van der Waals surface area contributed by atoms with Crippen LogP contribution in [-0.4, -0.2) is 58.4 Å². The molecule has 0 aliphatic heterocycles. The van der Waals surface area contributed by atoms with E-state index in [1.807, 2.05) is 149 Å². The van der Waals surface area contributed by atoms with Gasteiger partial charge < -0.3 is 29.2 Å². The summed E-state index contributed by atoms with van der Waals surface area (Å²) >= 11 is 0. The van der Waals surface area contributed by atoms with Crippen molar-refractivity contribution in [2.45, 2.75) is 117 Å². The number of ether oxygens (including phenoxy) is 4. The third kappa shape index (κ3) is 15.0. The molecule has 1 unspecified atom stereocenters. The lowest BCUT2D eigenvalue weighted by molar-refractivity contribution is -0.157. The smallest absolute Gasteiger partial charge is 0.161 e. The van der Waals surface area contributed by atoms with Crippen molar-refractivity contribution in [2.75, 3.05) is 0 Å². The second-order valence-corrected chi connectivity index (χ2v) is 13.8. The first-order valence-electron chi connectivity index (χ1n) is 19.1. The fraction of sp³-hybridized carbons (Fsp3) is 0.435. The van der Waals surface area contributed by atoms with E-state index in [-0.39, 0.29) is 17.5 Å². The standard InChI is InChI=1S/C23H32O4.C23H28O4/c2*1-4-21(25)17(2)22(26-15-19-11-7-5-8-12-19)23(18(3)24)27-16-20-13-9-6-10-14-20/h5-14,17-18,21-25H,4,15-16H2,1-3H3;5-14,17,22-23H,4,15-16H2,1-3H3/t17-,18?,21-,22+,23+;17-,22+,23+/m11/s1. The Labute approximate surface area is 322 Å². The molecule has 4 aromatic carbocycles. The number of aliphatic hydroxyl groups excluding tert-OH is 2. The van der Waals surface area contributed by atoms with E-state index in [2.05, 4.69) is 0 Å². The normalized spacial score (nSPS) is 15.7. The predicted molar refractivity (Wildman–Crippen MR) is 212 cm³/mol. The van der Waals surface area contributed by atoms with Gasteiger partial charge in [-0.25, -0.2) is 0 Å². The quantitative estimate of drug-likeness (QED) is 0.0828. The molecule has 0 spiro atoms. The number of carbonyl (C=O) groups excluding carboxylic acids is 2. The van der Waals surface area contributed by atoms with Gasteiger partial charge in [0.1, 0.15) is 24.1 Å². The van der Waals surface area contributed by atoms with Crippen molar-refractivity contribution >= 4 is 11.6 Å². The Balaban J connectivity index is 0.000000290. The highest BCUT2D eigenvalue weighted by molar-refractivity contribution is 5.85. The first kappa shape index (κ1) is 44.4. The summed E-state index contributed by atoms with van der Waals surface area (Å²) in [6.07, 6.45) is -2.60. The Kier molecular flexibility index (Phi) is 20.1. The third-order valence-electron chi connectivity index (χ3n) is 9.52. The summed E-state index contributed by atoms with van der Waals surface area (Å²) in [7, 11) is 0. The number of hydrogen-bond acceptors (Lipinski definition) is 8. The number of Topliss-reactive ketones (excluding diaryl/α,β-unsaturated/α-hetero) is 2. The van der Waals surface area contributed by atoms with E-state index in [0.717, 1.165) is 22.3 Å². The minimum absolute atomic E-state index is 0.0580. The molecule has 0 radical (unpaired) electrons. The first-order chi connectivity index (χ1) is 26.0. The zero-order valence-electron chi connectivity index (χ0n) is 32.8. The third-order valence-corrected chi connectivity index (χ3v) is 9.52. The van der Waals surface area contributed by atoms with Crippen LogP contribution in [0.4, 0.5) is 0 Å². The second-order valence-electron chi connectivity index (χ2n) is 13.8. The molecule has 54 heavy (non-hydrogen) atoms. The molecule has 0 aromatic heterocycles. The summed E-state index contributed by atoms with van der Waals surface area (Å²) in [5.41, 5.74) is 4.05. The van der Waals surface area contributed by atoms with Gasteiger partial charge in [-0.15, -0.1) is 0 Å². The van der Waals surface area contributed by atoms with Gasteiger partial charge in [-0.3, -0.25) is 9.59 Å². The Morgan fingerprint density at radius 3 is 1.22 bits per heavy atom. The van der Waals surface area contributed by atoms with Crippen molar-refractivity contribution in [2.24, 2.45) is 11.8 Å². The molecule has 0 saturated heterocycles. The van der Waals surface area contributed by atoms with E-state index in [1.165, 1.54) is 6.92 Å². The molecule has 0 heterocycles. The van der Waals surface area contributed by atoms with Crippen LogP contribution in [0.2, 0.25) is 0 Å². The summed E-state index contributed by atoms with van der Waals surface area (Å²) in [4.78, 5) is 24.6. The van der Waals surface area contributed by atoms with E-state index >= 15 is 0 Å². The molecule has 8 atom stereocenters. The summed E-state index contributed by atoms with van der Waals surface area (Å²) < 4.78 is 24.2. The van der Waals surface area contributed by atoms with Crippen LogP contribution in [-0.2, 0) is 55.0 Å². The van der Waals surface area contributed by atoms with Gasteiger partial charge in [0, 0.05) is 18.3 Å². The maximum absolute atomic E-state index is 12.3. The van der Waals surface area contributed by atoms with E-state index in [0.29, 0.717) is 39.3 Å². The van der Waals surface area contributed by atoms with Gasteiger partial charge in [-0.2, -0.15) is 0 Å². The number of aliphatic hydroxyl groups is 2. The largest absolute Gasteiger partial charge is 0.393 e. The highest BCUT2D eigenvalue weighted by atomic mass is 16.6. The molecule has 4 rings (SSSR count). The van der Waals surface area contributed by atoms with E-state index in [4.69, 9.17) is 18.9 Å². The Morgan fingerprint density at radius 1 is 0.537 bits per heavy atom. The van der Waals surface area contributed by atoms with Gasteiger partial charge in [0.2, 0.25) is 0 Å². The Morgan fingerprint density at radius 2 is 0.889 bits per heavy atom. The molecule has 0 amide bonds. The van der Waals surface area contributed by atoms with Crippen LogP contribution < -0.4 is 0 Å². The summed E-state index contributed by atoms with van der Waals surface area (Å²) in [5, 5.41) is 20.8. The molecule has 0 bridgehead atoms. The molecule has 8 heteroatoms. The van der Waals surface area contributed by atoms with Gasteiger partial charge in [0.15, 0.2) is 5.78 Å².